The van der Waals surface area contributed by atoms with Gasteiger partial charge in [0.1, 0.15) is 6.54 Å². The highest BCUT2D eigenvalue weighted by Crippen LogP contribution is 2.22. The van der Waals surface area contributed by atoms with Crippen molar-refractivity contribution in [3.63, 3.8) is 0 Å². The van der Waals surface area contributed by atoms with E-state index in [1.165, 1.54) is 0 Å². The third kappa shape index (κ3) is 4.59. The van der Waals surface area contributed by atoms with E-state index >= 15 is 0 Å². The number of aromatic nitrogens is 1. The van der Waals surface area contributed by atoms with Crippen LogP contribution in [0.1, 0.15) is 29.6 Å². The van der Waals surface area contributed by atoms with Crippen LogP contribution in [0, 0.1) is 0 Å². The minimum Gasteiger partial charge on any atom is -0.349 e. The summed E-state index contributed by atoms with van der Waals surface area (Å²) in [6.45, 7) is 3.05. The number of para-hydroxylation sites is 1. The second kappa shape index (κ2) is 9.01. The topological polar surface area (TPSA) is 74.6 Å². The van der Waals surface area contributed by atoms with Crippen LogP contribution in [0.3, 0.4) is 0 Å². The third-order valence-electron chi connectivity index (χ3n) is 5.07. The molecule has 0 atom stereocenters. The number of fused-ring (bicyclic) bond motifs is 1. The Labute approximate surface area is 165 Å². The summed E-state index contributed by atoms with van der Waals surface area (Å²) >= 11 is 0. The van der Waals surface area contributed by atoms with Gasteiger partial charge < -0.3 is 19.7 Å². The average Bonchev–Trinajstić information content (AvgIpc) is 3.33. The van der Waals surface area contributed by atoms with Gasteiger partial charge in [-0.3, -0.25) is 14.4 Å². The molecule has 2 heterocycles. The van der Waals surface area contributed by atoms with Crippen LogP contribution in [0.4, 0.5) is 0 Å². The fraction of sp³-hybridized carbons (Fsp3) is 0.476. The standard InChI is InChI=1S/C21H28N4O3/c1-23(2)11-7-10-22-21(28)20(27)17-14-25(18-9-4-3-8-16(17)18)15-19(26)24-12-5-6-13-24/h3-4,8-9,14H,5-7,10-13,15H2,1-2H3,(H,22,28). The summed E-state index contributed by atoms with van der Waals surface area (Å²) in [4.78, 5) is 41.4. The molecule has 0 unspecified atom stereocenters. The van der Waals surface area contributed by atoms with Crippen molar-refractivity contribution in [2.45, 2.75) is 25.8 Å². The van der Waals surface area contributed by atoms with Gasteiger partial charge >= 0.3 is 0 Å². The molecule has 1 aliphatic rings. The number of ketones is 1. The molecular weight excluding hydrogens is 356 g/mol. The average molecular weight is 384 g/mol. The first-order chi connectivity index (χ1) is 13.5. The Balaban J connectivity index is 1.74. The van der Waals surface area contributed by atoms with E-state index in [1.807, 2.05) is 48.2 Å². The summed E-state index contributed by atoms with van der Waals surface area (Å²) in [5.41, 5.74) is 1.13. The van der Waals surface area contributed by atoms with Gasteiger partial charge in [0.2, 0.25) is 5.91 Å². The molecule has 1 aromatic carbocycles. The highest BCUT2D eigenvalue weighted by molar-refractivity contribution is 6.45. The molecule has 1 aromatic heterocycles. The number of likely N-dealkylation sites (tertiary alicyclic amines) is 1. The number of rotatable bonds is 8. The molecule has 2 aromatic rings. The Morgan fingerprint density at radius 2 is 1.82 bits per heavy atom. The second-order valence-electron chi connectivity index (χ2n) is 7.52. The van der Waals surface area contributed by atoms with Gasteiger partial charge in [-0.25, -0.2) is 0 Å². The maximum absolute atomic E-state index is 12.7. The number of Topliss-reactive ketones (excluding diaryl/α,β-unsaturated/α-hetero) is 1. The lowest BCUT2D eigenvalue weighted by Gasteiger charge is -2.15. The van der Waals surface area contributed by atoms with E-state index in [0.29, 0.717) is 17.5 Å². The predicted molar refractivity (Wildman–Crippen MR) is 108 cm³/mol. The van der Waals surface area contributed by atoms with E-state index in [2.05, 4.69) is 5.32 Å². The SMILES string of the molecule is CN(C)CCCNC(=O)C(=O)c1cn(CC(=O)N2CCCC2)c2ccccc12. The number of amides is 2. The molecule has 1 aliphatic heterocycles. The lowest BCUT2D eigenvalue weighted by molar-refractivity contribution is -0.130. The lowest BCUT2D eigenvalue weighted by Crippen LogP contribution is -2.33. The molecule has 1 saturated heterocycles. The minimum atomic E-state index is -0.604. The van der Waals surface area contributed by atoms with Crippen LogP contribution >= 0.6 is 0 Å². The Kier molecular flexibility index (Phi) is 6.46. The van der Waals surface area contributed by atoms with Crippen LogP contribution in [-0.2, 0) is 16.1 Å². The molecule has 0 spiro atoms. The molecule has 0 saturated carbocycles. The molecule has 28 heavy (non-hydrogen) atoms. The van der Waals surface area contributed by atoms with Crippen LogP contribution in [0.15, 0.2) is 30.5 Å². The summed E-state index contributed by atoms with van der Waals surface area (Å²) in [6.07, 6.45) is 4.49. The van der Waals surface area contributed by atoms with E-state index < -0.39 is 11.7 Å². The maximum atomic E-state index is 12.7. The lowest BCUT2D eigenvalue weighted by atomic mass is 10.1. The molecule has 1 fully saturated rings. The molecule has 3 rings (SSSR count). The molecule has 0 bridgehead atoms. The normalized spacial score (nSPS) is 14.0. The zero-order valence-corrected chi connectivity index (χ0v) is 16.6. The molecule has 1 N–H and O–H groups in total. The van der Waals surface area contributed by atoms with Crippen LogP contribution in [0.2, 0.25) is 0 Å². The molecule has 7 heteroatoms. The van der Waals surface area contributed by atoms with Gasteiger partial charge in [-0.05, 0) is 46.0 Å². The van der Waals surface area contributed by atoms with Crippen molar-refractivity contribution in [1.82, 2.24) is 19.7 Å². The fourth-order valence-corrected chi connectivity index (χ4v) is 3.57. The van der Waals surface area contributed by atoms with Gasteiger partial charge in [0.15, 0.2) is 0 Å². The second-order valence-corrected chi connectivity index (χ2v) is 7.52. The Bertz CT molecular complexity index is 866. The molecule has 0 radical (unpaired) electrons. The van der Waals surface area contributed by atoms with Gasteiger partial charge in [0.05, 0.1) is 5.56 Å². The Morgan fingerprint density at radius 3 is 2.54 bits per heavy atom. The van der Waals surface area contributed by atoms with E-state index in [-0.39, 0.29) is 12.5 Å². The summed E-state index contributed by atoms with van der Waals surface area (Å²) in [7, 11) is 3.93. The predicted octanol–water partition coefficient (Wildman–Crippen LogP) is 1.51. The summed E-state index contributed by atoms with van der Waals surface area (Å²) in [6, 6.07) is 7.40. The maximum Gasteiger partial charge on any atom is 0.292 e. The molecular formula is C21H28N4O3. The zero-order valence-electron chi connectivity index (χ0n) is 16.6. The molecule has 0 aliphatic carbocycles. The molecule has 2 amide bonds. The first-order valence-corrected chi connectivity index (χ1v) is 9.80. The van der Waals surface area contributed by atoms with Crippen LogP contribution in [0.25, 0.3) is 10.9 Å². The van der Waals surface area contributed by atoms with Crippen molar-refractivity contribution in [3.05, 3.63) is 36.0 Å². The molecule has 150 valence electrons. The van der Waals surface area contributed by atoms with E-state index in [0.717, 1.165) is 44.4 Å². The highest BCUT2D eigenvalue weighted by atomic mass is 16.2. The molecule has 7 nitrogen and oxygen atoms in total. The number of benzene rings is 1. The van der Waals surface area contributed by atoms with Gasteiger partial charge in [-0.15, -0.1) is 0 Å². The van der Waals surface area contributed by atoms with E-state index in [1.54, 1.807) is 10.8 Å². The summed E-state index contributed by atoms with van der Waals surface area (Å²) in [5.74, 6) is -1.12. The smallest absolute Gasteiger partial charge is 0.292 e. The van der Waals surface area contributed by atoms with Gasteiger partial charge in [-0.1, -0.05) is 18.2 Å². The number of hydrogen-bond donors (Lipinski definition) is 1. The van der Waals surface area contributed by atoms with Crippen molar-refractivity contribution in [2.24, 2.45) is 0 Å². The number of carbonyl (C=O) groups excluding carboxylic acids is 3. The zero-order chi connectivity index (χ0) is 20.1. The van der Waals surface area contributed by atoms with E-state index in [4.69, 9.17) is 0 Å². The number of carbonyl (C=O) groups is 3. The van der Waals surface area contributed by atoms with Crippen molar-refractivity contribution in [3.8, 4) is 0 Å². The quantitative estimate of drug-likeness (QED) is 0.425. The Morgan fingerprint density at radius 1 is 1.11 bits per heavy atom. The van der Waals surface area contributed by atoms with Crippen molar-refractivity contribution in [1.29, 1.82) is 0 Å². The summed E-state index contributed by atoms with van der Waals surface area (Å²) < 4.78 is 1.78. The summed E-state index contributed by atoms with van der Waals surface area (Å²) in [5, 5.41) is 3.40. The van der Waals surface area contributed by atoms with Crippen molar-refractivity contribution < 1.29 is 14.4 Å². The Hall–Kier alpha value is -2.67. The number of nitrogens with one attached hydrogen (secondary N) is 1. The number of nitrogens with zero attached hydrogens (tertiary/aromatic N) is 3. The minimum absolute atomic E-state index is 0.0467. The monoisotopic (exact) mass is 384 g/mol. The largest absolute Gasteiger partial charge is 0.349 e. The number of hydrogen-bond acceptors (Lipinski definition) is 4. The first-order valence-electron chi connectivity index (χ1n) is 9.80. The highest BCUT2D eigenvalue weighted by Gasteiger charge is 2.23. The van der Waals surface area contributed by atoms with Crippen molar-refractivity contribution >= 4 is 28.5 Å². The fourth-order valence-electron chi connectivity index (χ4n) is 3.57. The van der Waals surface area contributed by atoms with Gasteiger partial charge in [-0.2, -0.15) is 0 Å². The van der Waals surface area contributed by atoms with Crippen LogP contribution in [0.5, 0.6) is 0 Å². The van der Waals surface area contributed by atoms with E-state index in [9.17, 15) is 14.4 Å². The van der Waals surface area contributed by atoms with Gasteiger partial charge in [0.25, 0.3) is 11.7 Å². The van der Waals surface area contributed by atoms with Crippen LogP contribution < -0.4 is 5.32 Å². The van der Waals surface area contributed by atoms with Gasteiger partial charge in [0, 0.05) is 36.7 Å². The van der Waals surface area contributed by atoms with Crippen LogP contribution in [-0.4, -0.2) is 72.2 Å². The van der Waals surface area contributed by atoms with Crippen molar-refractivity contribution in [2.75, 3.05) is 40.3 Å². The third-order valence-corrected chi connectivity index (χ3v) is 5.07. The first kappa shape index (κ1) is 20.1.